The van der Waals surface area contributed by atoms with Crippen molar-refractivity contribution in [1.29, 1.82) is 5.26 Å². The largest absolute Gasteiger partial charge is 0.418 e. The maximum atomic E-state index is 13.7. The van der Waals surface area contributed by atoms with Crippen molar-refractivity contribution >= 4 is 28.1 Å². The number of nitrogens with zero attached hydrogens (tertiary/aromatic N) is 4. The lowest BCUT2D eigenvalue weighted by Gasteiger charge is -2.49. The van der Waals surface area contributed by atoms with Crippen LogP contribution in [0.4, 0.5) is 23.7 Å². The third-order valence-electron chi connectivity index (χ3n) is 7.04. The first kappa shape index (κ1) is 26.3. The SMILES string of the molecule is CCS(C)(OC)N1CCC(N2C(=O)N(c3ccc(C#N)c(C(F)(F)F)c3C)C(=O)C2(C)C)CC1. The molecule has 1 aromatic carbocycles. The Morgan fingerprint density at radius 3 is 2.29 bits per heavy atom. The number of rotatable bonds is 5. The molecule has 2 fully saturated rings. The summed E-state index contributed by atoms with van der Waals surface area (Å²) in [5, 5.41) is 9.16. The van der Waals surface area contributed by atoms with Crippen LogP contribution in [0.3, 0.4) is 0 Å². The summed E-state index contributed by atoms with van der Waals surface area (Å²) in [5.74, 6) is 0.287. The predicted molar refractivity (Wildman–Crippen MR) is 125 cm³/mol. The van der Waals surface area contributed by atoms with Gasteiger partial charge in [-0.1, -0.05) is 17.4 Å². The topological polar surface area (TPSA) is 76.9 Å². The molecule has 7 nitrogen and oxygen atoms in total. The molecule has 3 rings (SSSR count). The van der Waals surface area contributed by atoms with Crippen molar-refractivity contribution in [3.05, 3.63) is 28.8 Å². The van der Waals surface area contributed by atoms with Gasteiger partial charge in [-0.05, 0) is 51.3 Å². The number of piperidine rings is 1. The summed E-state index contributed by atoms with van der Waals surface area (Å²) in [6.45, 7) is 7.90. The number of hydrogen-bond acceptors (Lipinski definition) is 5. The standard InChI is InChI=1S/C23H31F3N4O3S/c1-7-34(6,33-5)28-12-10-17(11-13-28)30-21(32)29(20(31)22(30,3)4)18-9-8-16(14-27)19(15(18)2)23(24,25)26/h8-9,17H,7,10-13H2,1-6H3. The van der Waals surface area contributed by atoms with Crippen LogP contribution in [-0.4, -0.2) is 64.9 Å². The third kappa shape index (κ3) is 4.16. The quantitative estimate of drug-likeness (QED) is 0.542. The van der Waals surface area contributed by atoms with Crippen molar-refractivity contribution in [2.75, 3.05) is 37.1 Å². The Balaban J connectivity index is 1.95. The van der Waals surface area contributed by atoms with Crippen LogP contribution >= 0.6 is 10.5 Å². The molecule has 1 atom stereocenters. The summed E-state index contributed by atoms with van der Waals surface area (Å²) in [6.07, 6.45) is -1.45. The molecule has 34 heavy (non-hydrogen) atoms. The second kappa shape index (κ2) is 9.06. The maximum absolute atomic E-state index is 13.7. The highest BCUT2D eigenvalue weighted by Gasteiger charge is 2.55. The van der Waals surface area contributed by atoms with Gasteiger partial charge in [0, 0.05) is 38.2 Å². The molecule has 1 aromatic rings. The molecule has 0 spiro atoms. The summed E-state index contributed by atoms with van der Waals surface area (Å²) in [6, 6.07) is 2.95. The monoisotopic (exact) mass is 500 g/mol. The van der Waals surface area contributed by atoms with Crippen LogP contribution in [0, 0.1) is 18.3 Å². The van der Waals surface area contributed by atoms with Gasteiger partial charge in [0.2, 0.25) is 0 Å². The van der Waals surface area contributed by atoms with Crippen LogP contribution in [0.2, 0.25) is 0 Å². The minimum atomic E-state index is -4.80. The van der Waals surface area contributed by atoms with Crippen LogP contribution in [-0.2, 0) is 15.2 Å². The van der Waals surface area contributed by atoms with E-state index in [0.717, 1.165) is 16.7 Å². The Bertz CT molecular complexity index is 1030. The zero-order valence-corrected chi connectivity index (χ0v) is 21.1. The molecule has 188 valence electrons. The lowest BCUT2D eigenvalue weighted by atomic mass is 9.96. The number of benzene rings is 1. The number of halogens is 3. The molecule has 2 heterocycles. The molecular weight excluding hydrogens is 469 g/mol. The molecule has 0 saturated carbocycles. The number of carbonyl (C=O) groups is 2. The van der Waals surface area contributed by atoms with Gasteiger partial charge in [0.25, 0.3) is 5.91 Å². The van der Waals surface area contributed by atoms with Gasteiger partial charge in [-0.2, -0.15) is 18.4 Å². The van der Waals surface area contributed by atoms with E-state index in [1.54, 1.807) is 27.0 Å². The molecule has 1 unspecified atom stereocenters. The van der Waals surface area contributed by atoms with Gasteiger partial charge in [0.15, 0.2) is 0 Å². The van der Waals surface area contributed by atoms with E-state index in [2.05, 4.69) is 17.5 Å². The van der Waals surface area contributed by atoms with E-state index >= 15 is 0 Å². The Kier molecular flexibility index (Phi) is 7.01. The van der Waals surface area contributed by atoms with Crippen LogP contribution in [0.1, 0.15) is 50.3 Å². The summed E-state index contributed by atoms with van der Waals surface area (Å²) in [4.78, 5) is 29.3. The molecule has 2 saturated heterocycles. The first-order valence-corrected chi connectivity index (χ1v) is 13.2. The fourth-order valence-corrected chi connectivity index (χ4v) is 6.72. The van der Waals surface area contributed by atoms with Crippen molar-refractivity contribution in [3.8, 4) is 6.07 Å². The normalized spacial score (nSPS) is 22.6. The highest BCUT2D eigenvalue weighted by Crippen LogP contribution is 2.50. The van der Waals surface area contributed by atoms with E-state index in [4.69, 9.17) is 9.44 Å². The minimum absolute atomic E-state index is 0.142. The molecule has 11 heteroatoms. The van der Waals surface area contributed by atoms with Crippen molar-refractivity contribution in [3.63, 3.8) is 0 Å². The zero-order valence-electron chi connectivity index (χ0n) is 20.3. The van der Waals surface area contributed by atoms with Crippen LogP contribution < -0.4 is 4.90 Å². The number of anilines is 1. The van der Waals surface area contributed by atoms with E-state index in [1.807, 2.05) is 0 Å². The smallest absolute Gasteiger partial charge is 0.327 e. The Morgan fingerprint density at radius 1 is 1.24 bits per heavy atom. The number of urea groups is 1. The van der Waals surface area contributed by atoms with E-state index in [-0.39, 0.29) is 17.3 Å². The van der Waals surface area contributed by atoms with E-state index in [0.29, 0.717) is 25.9 Å². The highest BCUT2D eigenvalue weighted by molar-refractivity contribution is 8.27. The molecular formula is C23H31F3N4O3S. The van der Waals surface area contributed by atoms with Gasteiger partial charge in [-0.3, -0.25) is 4.79 Å². The summed E-state index contributed by atoms with van der Waals surface area (Å²) in [5.41, 5.74) is -3.35. The highest BCUT2D eigenvalue weighted by atomic mass is 32.3. The van der Waals surface area contributed by atoms with Crippen molar-refractivity contribution in [2.24, 2.45) is 0 Å². The number of hydrogen-bond donors (Lipinski definition) is 0. The third-order valence-corrected chi connectivity index (χ3v) is 10.3. The molecule has 3 amide bonds. The summed E-state index contributed by atoms with van der Waals surface area (Å²) >= 11 is 0. The van der Waals surface area contributed by atoms with Crippen LogP contribution in [0.5, 0.6) is 0 Å². The predicted octanol–water partition coefficient (Wildman–Crippen LogP) is 4.83. The molecule has 0 aromatic heterocycles. The van der Waals surface area contributed by atoms with Crippen LogP contribution in [0.15, 0.2) is 12.1 Å². The van der Waals surface area contributed by atoms with Gasteiger partial charge in [-0.25, -0.2) is 14.0 Å². The van der Waals surface area contributed by atoms with Crippen LogP contribution in [0.25, 0.3) is 0 Å². The van der Waals surface area contributed by atoms with Crippen molar-refractivity contribution in [1.82, 2.24) is 9.21 Å². The summed E-state index contributed by atoms with van der Waals surface area (Å²) in [7, 11) is 0.316. The number of amides is 3. The average molecular weight is 501 g/mol. The Hall–Kier alpha value is -2.29. The fraction of sp³-hybridized carbons (Fsp3) is 0.609. The number of imide groups is 1. The minimum Gasteiger partial charge on any atom is -0.327 e. The molecule has 0 N–H and O–H groups in total. The number of carbonyl (C=O) groups excluding carboxylic acids is 2. The van der Waals surface area contributed by atoms with Gasteiger partial charge in [0.1, 0.15) is 5.54 Å². The lowest BCUT2D eigenvalue weighted by molar-refractivity contribution is -0.138. The first-order chi connectivity index (χ1) is 15.7. The van der Waals surface area contributed by atoms with Gasteiger partial charge in [-0.15, -0.1) is 0 Å². The summed E-state index contributed by atoms with van der Waals surface area (Å²) < 4.78 is 49.2. The molecule has 0 aliphatic carbocycles. The maximum Gasteiger partial charge on any atom is 0.418 e. The Morgan fingerprint density at radius 2 is 1.82 bits per heavy atom. The average Bonchev–Trinajstić information content (AvgIpc) is 2.96. The van der Waals surface area contributed by atoms with Crippen molar-refractivity contribution in [2.45, 2.75) is 58.3 Å². The van der Waals surface area contributed by atoms with E-state index in [1.165, 1.54) is 17.9 Å². The van der Waals surface area contributed by atoms with Gasteiger partial charge in [0.05, 0.1) is 22.9 Å². The van der Waals surface area contributed by atoms with Crippen molar-refractivity contribution < 1.29 is 26.9 Å². The first-order valence-electron chi connectivity index (χ1n) is 11.1. The number of alkyl halides is 3. The number of nitriles is 1. The molecule has 2 aliphatic heterocycles. The lowest BCUT2D eigenvalue weighted by Crippen LogP contribution is -2.53. The second-order valence-electron chi connectivity index (χ2n) is 9.17. The Labute approximate surface area is 200 Å². The molecule has 0 bridgehead atoms. The van der Waals surface area contributed by atoms with Gasteiger partial charge >= 0.3 is 12.2 Å². The van der Waals surface area contributed by atoms with E-state index < -0.39 is 45.3 Å². The second-order valence-corrected chi connectivity index (χ2v) is 12.5. The van der Waals surface area contributed by atoms with E-state index in [9.17, 15) is 22.8 Å². The fourth-order valence-electron chi connectivity index (χ4n) is 4.93. The molecule has 0 radical (unpaired) electrons. The zero-order chi connectivity index (χ0) is 25.6. The molecule has 2 aliphatic rings. The van der Waals surface area contributed by atoms with Gasteiger partial charge < -0.3 is 9.08 Å².